The first-order valence-electron chi connectivity index (χ1n) is 11.5. The summed E-state index contributed by atoms with van der Waals surface area (Å²) >= 11 is 0. The lowest BCUT2D eigenvalue weighted by Gasteiger charge is -2.44. The van der Waals surface area contributed by atoms with Gasteiger partial charge < -0.3 is 20.2 Å². The number of para-hydroxylation sites is 1. The number of rotatable bonds is 2. The van der Waals surface area contributed by atoms with E-state index in [4.69, 9.17) is 0 Å². The number of aliphatic hydroxyl groups excluding tert-OH is 1. The van der Waals surface area contributed by atoms with Gasteiger partial charge in [-0.1, -0.05) is 24.0 Å². The molecule has 35 heavy (non-hydrogen) atoms. The summed E-state index contributed by atoms with van der Waals surface area (Å²) in [6.45, 7) is 0.455. The Labute approximate surface area is 203 Å². The smallest absolute Gasteiger partial charge is 0.322 e. The Morgan fingerprint density at radius 3 is 2.51 bits per heavy atom. The summed E-state index contributed by atoms with van der Waals surface area (Å²) in [7, 11) is 1.95. The van der Waals surface area contributed by atoms with Gasteiger partial charge in [-0.2, -0.15) is 0 Å². The van der Waals surface area contributed by atoms with Crippen molar-refractivity contribution in [2.45, 2.75) is 18.5 Å². The number of carbonyl (C=O) groups is 1. The third-order valence-electron chi connectivity index (χ3n) is 6.92. The van der Waals surface area contributed by atoms with E-state index in [0.717, 1.165) is 23.2 Å². The quantitative estimate of drug-likeness (QED) is 0.528. The van der Waals surface area contributed by atoms with E-state index in [9.17, 15) is 18.7 Å². The zero-order valence-electron chi connectivity index (χ0n) is 19.2. The topological polar surface area (TPSA) is 55.8 Å². The Morgan fingerprint density at radius 2 is 1.77 bits per heavy atom. The van der Waals surface area contributed by atoms with Gasteiger partial charge >= 0.3 is 6.03 Å². The molecule has 5 nitrogen and oxygen atoms in total. The number of halogens is 2. The van der Waals surface area contributed by atoms with Crippen LogP contribution >= 0.6 is 0 Å². The first kappa shape index (κ1) is 22.9. The van der Waals surface area contributed by atoms with Crippen molar-refractivity contribution in [2.75, 3.05) is 30.4 Å². The number of anilines is 2. The molecule has 0 spiro atoms. The lowest BCUT2D eigenvalue weighted by atomic mass is 9.81. The SMILES string of the molecule is CN1c2ccc(C#Cc3ccc(F)cc3)cc2[C@@H]2[C@@H](CCN2C(=O)Nc2ccccc2F)[C@H]1CO. The van der Waals surface area contributed by atoms with Gasteiger partial charge in [-0.05, 0) is 66.6 Å². The number of amides is 2. The summed E-state index contributed by atoms with van der Waals surface area (Å²) < 4.78 is 27.4. The van der Waals surface area contributed by atoms with Gasteiger partial charge in [-0.3, -0.25) is 0 Å². The molecule has 2 N–H and O–H groups in total. The fraction of sp³-hybridized carbons (Fsp3) is 0.250. The van der Waals surface area contributed by atoms with Crippen LogP contribution in [-0.2, 0) is 0 Å². The average molecular weight is 474 g/mol. The van der Waals surface area contributed by atoms with E-state index < -0.39 is 5.82 Å². The normalized spacial score (nSPS) is 20.5. The molecule has 2 amide bonds. The molecular weight excluding hydrogens is 448 g/mol. The highest BCUT2D eigenvalue weighted by Gasteiger charge is 2.47. The highest BCUT2D eigenvalue weighted by Crippen LogP contribution is 2.48. The molecule has 1 saturated heterocycles. The summed E-state index contributed by atoms with van der Waals surface area (Å²) in [5, 5.41) is 12.9. The molecule has 0 unspecified atom stereocenters. The number of hydrogen-bond acceptors (Lipinski definition) is 3. The van der Waals surface area contributed by atoms with E-state index in [1.54, 1.807) is 29.2 Å². The first-order valence-corrected chi connectivity index (χ1v) is 11.5. The van der Waals surface area contributed by atoms with Crippen LogP contribution in [0.25, 0.3) is 0 Å². The van der Waals surface area contributed by atoms with Crippen LogP contribution in [0.2, 0.25) is 0 Å². The molecule has 2 heterocycles. The Kier molecular flexibility index (Phi) is 6.14. The van der Waals surface area contributed by atoms with Gasteiger partial charge in [0.2, 0.25) is 0 Å². The third kappa shape index (κ3) is 4.33. The van der Waals surface area contributed by atoms with E-state index >= 15 is 0 Å². The van der Waals surface area contributed by atoms with Gasteiger partial charge in [0.25, 0.3) is 0 Å². The highest BCUT2D eigenvalue weighted by atomic mass is 19.1. The van der Waals surface area contributed by atoms with Crippen molar-refractivity contribution >= 4 is 17.4 Å². The number of carbonyl (C=O) groups excluding carboxylic acids is 1. The fourth-order valence-electron chi connectivity index (χ4n) is 5.19. The number of urea groups is 1. The number of fused-ring (bicyclic) bond motifs is 3. The number of benzene rings is 3. The molecule has 0 aromatic heterocycles. The van der Waals surface area contributed by atoms with Gasteiger partial charge in [0, 0.05) is 36.3 Å². The molecule has 3 atom stereocenters. The van der Waals surface area contributed by atoms with Gasteiger partial charge in [0.1, 0.15) is 11.6 Å². The molecule has 3 aromatic rings. The van der Waals surface area contributed by atoms with Crippen molar-refractivity contribution in [1.82, 2.24) is 4.90 Å². The third-order valence-corrected chi connectivity index (χ3v) is 6.92. The molecular formula is C28H25F2N3O2. The molecule has 3 aromatic carbocycles. The maximum Gasteiger partial charge on any atom is 0.322 e. The highest BCUT2D eigenvalue weighted by molar-refractivity contribution is 5.90. The molecule has 0 bridgehead atoms. The van der Waals surface area contributed by atoms with Gasteiger partial charge in [0.05, 0.1) is 24.4 Å². The predicted molar refractivity (Wildman–Crippen MR) is 131 cm³/mol. The Bertz CT molecular complexity index is 1320. The second-order valence-electron chi connectivity index (χ2n) is 8.89. The molecule has 1 fully saturated rings. The summed E-state index contributed by atoms with van der Waals surface area (Å²) in [6.07, 6.45) is 0.718. The van der Waals surface area contributed by atoms with Crippen molar-refractivity contribution in [3.05, 3.63) is 95.1 Å². The Morgan fingerprint density at radius 1 is 1.06 bits per heavy atom. The van der Waals surface area contributed by atoms with E-state index in [0.29, 0.717) is 12.1 Å². The van der Waals surface area contributed by atoms with Crippen LogP contribution in [0.4, 0.5) is 25.0 Å². The first-order chi connectivity index (χ1) is 17.0. The zero-order valence-corrected chi connectivity index (χ0v) is 19.2. The second kappa shape index (κ2) is 9.40. The molecule has 2 aliphatic rings. The predicted octanol–water partition coefficient (Wildman–Crippen LogP) is 4.77. The molecule has 178 valence electrons. The van der Waals surface area contributed by atoms with E-state index in [-0.39, 0.29) is 42.1 Å². The van der Waals surface area contributed by atoms with Crippen LogP contribution in [0.5, 0.6) is 0 Å². The minimum Gasteiger partial charge on any atom is -0.394 e. The molecule has 0 saturated carbocycles. The minimum atomic E-state index is -0.494. The van der Waals surface area contributed by atoms with Crippen molar-refractivity contribution in [1.29, 1.82) is 0 Å². The zero-order chi connectivity index (χ0) is 24.5. The summed E-state index contributed by atoms with van der Waals surface area (Å²) in [5.41, 5.74) is 3.46. The monoisotopic (exact) mass is 473 g/mol. The Hall–Kier alpha value is -3.89. The number of likely N-dealkylation sites (tertiary alicyclic amines) is 1. The molecule has 2 aliphatic heterocycles. The van der Waals surface area contributed by atoms with Crippen LogP contribution in [0, 0.1) is 29.4 Å². The molecule has 0 radical (unpaired) electrons. The average Bonchev–Trinajstić information content (AvgIpc) is 3.31. The Balaban J connectivity index is 1.50. The van der Waals surface area contributed by atoms with E-state index in [1.807, 2.05) is 25.2 Å². The largest absolute Gasteiger partial charge is 0.394 e. The van der Waals surface area contributed by atoms with E-state index in [1.165, 1.54) is 24.3 Å². The standard InChI is InChI=1S/C28H25F2N3O2/c1-32-25-13-10-19(7-6-18-8-11-20(29)12-9-18)16-22(25)27-21(26(32)17-34)14-15-33(27)28(35)31-24-5-3-2-4-23(24)30/h2-5,8-13,16,21,26-27,34H,14-15,17H2,1H3,(H,31,35)/t21-,26+,27-/m0/s1. The lowest BCUT2D eigenvalue weighted by molar-refractivity contribution is 0.168. The van der Waals surface area contributed by atoms with E-state index in [2.05, 4.69) is 22.1 Å². The number of nitrogens with zero attached hydrogens (tertiary/aromatic N) is 2. The van der Waals surface area contributed by atoms with Gasteiger partial charge in [0.15, 0.2) is 0 Å². The number of nitrogens with one attached hydrogen (secondary N) is 1. The fourth-order valence-corrected chi connectivity index (χ4v) is 5.19. The van der Waals surface area contributed by atoms with Crippen molar-refractivity contribution in [2.24, 2.45) is 5.92 Å². The lowest BCUT2D eigenvalue weighted by Crippen LogP contribution is -2.48. The minimum absolute atomic E-state index is 0.0178. The summed E-state index contributed by atoms with van der Waals surface area (Å²) in [5.74, 6) is 5.40. The van der Waals surface area contributed by atoms with Crippen LogP contribution in [-0.4, -0.2) is 42.3 Å². The van der Waals surface area contributed by atoms with Crippen molar-refractivity contribution in [3.8, 4) is 11.8 Å². The number of aliphatic hydroxyl groups is 1. The number of likely N-dealkylation sites (N-methyl/N-ethyl adjacent to an activating group) is 1. The molecule has 5 rings (SSSR count). The second-order valence-corrected chi connectivity index (χ2v) is 8.89. The van der Waals surface area contributed by atoms with Gasteiger partial charge in [-0.15, -0.1) is 0 Å². The maximum atomic E-state index is 14.2. The van der Waals surface area contributed by atoms with Crippen molar-refractivity contribution in [3.63, 3.8) is 0 Å². The summed E-state index contributed by atoms with van der Waals surface area (Å²) in [4.78, 5) is 17.0. The molecule has 7 heteroatoms. The van der Waals surface area contributed by atoms with Crippen LogP contribution in [0.3, 0.4) is 0 Å². The van der Waals surface area contributed by atoms with Crippen LogP contribution in [0.1, 0.15) is 29.2 Å². The van der Waals surface area contributed by atoms with Crippen molar-refractivity contribution < 1.29 is 18.7 Å². The van der Waals surface area contributed by atoms with Crippen LogP contribution in [0.15, 0.2) is 66.7 Å². The molecule has 0 aliphatic carbocycles. The van der Waals surface area contributed by atoms with Gasteiger partial charge in [-0.25, -0.2) is 13.6 Å². The maximum absolute atomic E-state index is 14.2. The summed E-state index contributed by atoms with van der Waals surface area (Å²) in [6, 6.07) is 17.1. The van der Waals surface area contributed by atoms with Crippen LogP contribution < -0.4 is 10.2 Å². The number of hydrogen-bond donors (Lipinski definition) is 2.